The van der Waals surface area contributed by atoms with E-state index in [0.29, 0.717) is 6.07 Å². The van der Waals surface area contributed by atoms with Gasteiger partial charge < -0.3 is 5.73 Å². The van der Waals surface area contributed by atoms with Gasteiger partial charge in [-0.2, -0.15) is 0 Å². The Morgan fingerprint density at radius 3 is 2.61 bits per heavy atom. The van der Waals surface area contributed by atoms with E-state index in [2.05, 4.69) is 4.72 Å². The van der Waals surface area contributed by atoms with E-state index < -0.39 is 37.4 Å². The Morgan fingerprint density at radius 1 is 1.56 bits per heavy atom. The van der Waals surface area contributed by atoms with Crippen molar-refractivity contribution in [3.63, 3.8) is 0 Å². The molecule has 7 nitrogen and oxygen atoms in total. The van der Waals surface area contributed by atoms with Crippen molar-refractivity contribution in [2.24, 2.45) is 5.73 Å². The minimum absolute atomic E-state index is 0.0568. The maximum atomic E-state index is 13.5. The topological polar surface area (TPSA) is 115 Å². The molecule has 1 unspecified atom stereocenters. The highest BCUT2D eigenvalue weighted by atomic mass is 32.2. The Labute approximate surface area is 103 Å². The molecule has 0 saturated carbocycles. The molecule has 0 aliphatic heterocycles. The zero-order valence-corrected chi connectivity index (χ0v) is 10.3. The van der Waals surface area contributed by atoms with Gasteiger partial charge in [0.15, 0.2) is 0 Å². The second-order valence-corrected chi connectivity index (χ2v) is 5.44. The van der Waals surface area contributed by atoms with Crippen LogP contribution in [-0.4, -0.2) is 25.9 Å². The number of nitrogens with one attached hydrogen (secondary N) is 1. The van der Waals surface area contributed by atoms with Crippen LogP contribution in [0.4, 0.5) is 10.1 Å². The molecule has 0 heterocycles. The summed E-state index contributed by atoms with van der Waals surface area (Å²) in [5.41, 5.74) is 4.85. The molecule has 0 fully saturated rings. The van der Waals surface area contributed by atoms with E-state index in [0.717, 1.165) is 12.1 Å². The summed E-state index contributed by atoms with van der Waals surface area (Å²) in [4.78, 5) is 8.93. The number of nitrogens with two attached hydrogens (primary N) is 1. The van der Waals surface area contributed by atoms with E-state index in [1.54, 1.807) is 6.92 Å². The van der Waals surface area contributed by atoms with Gasteiger partial charge in [0.25, 0.3) is 5.69 Å². The Kier molecular flexibility index (Phi) is 4.33. The maximum absolute atomic E-state index is 13.5. The highest BCUT2D eigenvalue weighted by molar-refractivity contribution is 7.89. The molecule has 0 radical (unpaired) electrons. The lowest BCUT2D eigenvalue weighted by molar-refractivity contribution is -0.385. The molecule has 1 rings (SSSR count). The summed E-state index contributed by atoms with van der Waals surface area (Å²) in [6.07, 6.45) is 0. The Balaban J connectivity index is 3.06. The summed E-state index contributed by atoms with van der Waals surface area (Å²) >= 11 is 0. The fraction of sp³-hybridized carbons (Fsp3) is 0.333. The lowest BCUT2D eigenvalue weighted by atomic mass is 10.3. The number of hydrogen-bond acceptors (Lipinski definition) is 5. The van der Waals surface area contributed by atoms with Crippen LogP contribution in [0.1, 0.15) is 6.92 Å². The average Bonchev–Trinajstić information content (AvgIpc) is 2.26. The highest BCUT2D eigenvalue weighted by Crippen LogP contribution is 2.20. The van der Waals surface area contributed by atoms with Gasteiger partial charge in [-0.15, -0.1) is 0 Å². The van der Waals surface area contributed by atoms with Crippen LogP contribution in [0.3, 0.4) is 0 Å². The second-order valence-electron chi connectivity index (χ2n) is 3.70. The van der Waals surface area contributed by atoms with E-state index in [4.69, 9.17) is 5.73 Å². The third kappa shape index (κ3) is 3.45. The first-order valence-electron chi connectivity index (χ1n) is 4.93. The van der Waals surface area contributed by atoms with Crippen LogP contribution in [0.2, 0.25) is 0 Å². The van der Waals surface area contributed by atoms with Crippen molar-refractivity contribution in [3.05, 3.63) is 34.1 Å². The molecular weight excluding hydrogens is 265 g/mol. The lowest BCUT2D eigenvalue weighted by Crippen LogP contribution is -2.35. The van der Waals surface area contributed by atoms with Gasteiger partial charge in [-0.3, -0.25) is 10.1 Å². The SMILES string of the molecule is CC(N)CNS(=O)(=O)c1ccc([N+](=O)[O-])cc1F. The number of nitro groups is 1. The molecule has 0 aliphatic carbocycles. The molecule has 0 saturated heterocycles. The monoisotopic (exact) mass is 277 g/mol. The minimum Gasteiger partial charge on any atom is -0.327 e. The van der Waals surface area contributed by atoms with Crippen LogP contribution < -0.4 is 10.5 Å². The largest absolute Gasteiger partial charge is 0.327 e. The zero-order chi connectivity index (χ0) is 13.9. The summed E-state index contributed by atoms with van der Waals surface area (Å²) < 4.78 is 38.9. The third-order valence-corrected chi connectivity index (χ3v) is 3.47. The van der Waals surface area contributed by atoms with Crippen molar-refractivity contribution in [2.45, 2.75) is 17.9 Å². The first-order chi connectivity index (χ1) is 8.24. The standard InChI is InChI=1S/C9H12FN3O4S/c1-6(11)5-12-18(16,17)9-3-2-7(13(14)15)4-8(9)10/h2-4,6,12H,5,11H2,1H3. The number of hydrogen-bond donors (Lipinski definition) is 2. The second kappa shape index (κ2) is 5.38. The van der Waals surface area contributed by atoms with Gasteiger partial charge in [0.05, 0.1) is 11.0 Å². The molecule has 18 heavy (non-hydrogen) atoms. The van der Waals surface area contributed by atoms with Crippen molar-refractivity contribution < 1.29 is 17.7 Å². The smallest absolute Gasteiger partial charge is 0.272 e. The zero-order valence-electron chi connectivity index (χ0n) is 9.46. The van der Waals surface area contributed by atoms with E-state index in [1.807, 2.05) is 0 Å². The Morgan fingerprint density at radius 2 is 2.17 bits per heavy atom. The van der Waals surface area contributed by atoms with Gasteiger partial charge in [-0.05, 0) is 13.0 Å². The number of nitro benzene ring substituents is 1. The van der Waals surface area contributed by atoms with Crippen LogP contribution in [0.25, 0.3) is 0 Å². The summed E-state index contributed by atoms with van der Waals surface area (Å²) in [6.45, 7) is 1.52. The van der Waals surface area contributed by atoms with E-state index >= 15 is 0 Å². The highest BCUT2D eigenvalue weighted by Gasteiger charge is 2.21. The normalized spacial score (nSPS) is 13.3. The van der Waals surface area contributed by atoms with Crippen LogP contribution >= 0.6 is 0 Å². The Bertz CT molecular complexity index is 559. The molecule has 0 aliphatic rings. The number of non-ortho nitro benzene ring substituents is 1. The minimum atomic E-state index is -4.06. The van der Waals surface area contributed by atoms with E-state index in [-0.39, 0.29) is 6.54 Å². The fourth-order valence-corrected chi connectivity index (χ4v) is 2.34. The fourth-order valence-electron chi connectivity index (χ4n) is 1.14. The molecule has 9 heteroatoms. The predicted octanol–water partition coefficient (Wildman–Crippen LogP) is 0.359. The molecule has 0 aromatic heterocycles. The predicted molar refractivity (Wildman–Crippen MR) is 61.9 cm³/mol. The van der Waals surface area contributed by atoms with Crippen molar-refractivity contribution in [2.75, 3.05) is 6.54 Å². The van der Waals surface area contributed by atoms with Crippen LogP contribution in [-0.2, 0) is 10.0 Å². The van der Waals surface area contributed by atoms with E-state index in [9.17, 15) is 22.9 Å². The summed E-state index contributed by atoms with van der Waals surface area (Å²) in [5.74, 6) is -1.18. The van der Waals surface area contributed by atoms with Crippen LogP contribution in [0.5, 0.6) is 0 Å². The molecule has 100 valence electrons. The van der Waals surface area contributed by atoms with Crippen LogP contribution in [0, 0.1) is 15.9 Å². The average molecular weight is 277 g/mol. The molecule has 3 N–H and O–H groups in total. The summed E-state index contributed by atoms with van der Waals surface area (Å²) in [5, 5.41) is 10.4. The van der Waals surface area contributed by atoms with Crippen molar-refractivity contribution in [1.29, 1.82) is 0 Å². The maximum Gasteiger partial charge on any atom is 0.272 e. The molecule has 0 bridgehead atoms. The first kappa shape index (κ1) is 14.5. The molecule has 1 aromatic rings. The number of halogens is 1. The number of benzene rings is 1. The van der Waals surface area contributed by atoms with Gasteiger partial charge in [0.1, 0.15) is 10.7 Å². The molecule has 1 aromatic carbocycles. The van der Waals surface area contributed by atoms with Gasteiger partial charge in [-0.1, -0.05) is 0 Å². The summed E-state index contributed by atoms with van der Waals surface area (Å²) in [7, 11) is -4.06. The number of rotatable bonds is 5. The molecular formula is C9H12FN3O4S. The Hall–Kier alpha value is -1.58. The van der Waals surface area contributed by atoms with Crippen molar-refractivity contribution in [3.8, 4) is 0 Å². The van der Waals surface area contributed by atoms with Gasteiger partial charge in [0.2, 0.25) is 10.0 Å². The third-order valence-electron chi connectivity index (χ3n) is 2.01. The van der Waals surface area contributed by atoms with Gasteiger partial charge in [0, 0.05) is 18.7 Å². The van der Waals surface area contributed by atoms with Crippen molar-refractivity contribution in [1.82, 2.24) is 4.72 Å². The molecule has 0 spiro atoms. The van der Waals surface area contributed by atoms with Crippen LogP contribution in [0.15, 0.2) is 23.1 Å². The number of nitrogens with zero attached hydrogens (tertiary/aromatic N) is 1. The van der Waals surface area contributed by atoms with E-state index in [1.165, 1.54) is 0 Å². The van der Waals surface area contributed by atoms with Gasteiger partial charge >= 0.3 is 0 Å². The summed E-state index contributed by atoms with van der Waals surface area (Å²) in [6, 6.07) is 1.89. The first-order valence-corrected chi connectivity index (χ1v) is 6.41. The number of sulfonamides is 1. The lowest BCUT2D eigenvalue weighted by Gasteiger charge is -2.09. The van der Waals surface area contributed by atoms with Gasteiger partial charge in [-0.25, -0.2) is 17.5 Å². The van der Waals surface area contributed by atoms with Crippen molar-refractivity contribution >= 4 is 15.7 Å². The molecule has 0 amide bonds. The quantitative estimate of drug-likeness (QED) is 0.595. The molecule has 1 atom stereocenters.